The number of benzene rings is 1. The zero-order valence-electron chi connectivity index (χ0n) is 31.8. The van der Waals surface area contributed by atoms with Crippen molar-refractivity contribution in [3.05, 3.63) is 35.9 Å². The van der Waals surface area contributed by atoms with Gasteiger partial charge >= 0.3 is 6.09 Å². The number of hydrogen-bond donors (Lipinski definition) is 5. The molecule has 0 spiro atoms. The second-order valence-electron chi connectivity index (χ2n) is 15.5. The Kier molecular flexibility index (Phi) is 18.7. The smallest absolute Gasteiger partial charge is 0.408 e. The normalized spacial score (nSPS) is 15.8. The van der Waals surface area contributed by atoms with E-state index in [1.165, 1.54) is 0 Å². The highest BCUT2D eigenvalue weighted by Crippen LogP contribution is 2.24. The molecule has 11 nitrogen and oxygen atoms in total. The van der Waals surface area contributed by atoms with Crippen LogP contribution in [0, 0.1) is 17.8 Å². The number of ether oxygens (including phenoxy) is 2. The van der Waals surface area contributed by atoms with Gasteiger partial charge in [0.15, 0.2) is 0 Å². The summed E-state index contributed by atoms with van der Waals surface area (Å²) in [5.74, 6) is -1.36. The van der Waals surface area contributed by atoms with Crippen LogP contribution in [0.15, 0.2) is 30.3 Å². The highest BCUT2D eigenvalue weighted by molar-refractivity contribution is 7.98. The van der Waals surface area contributed by atoms with Crippen molar-refractivity contribution in [2.45, 2.75) is 144 Å². The summed E-state index contributed by atoms with van der Waals surface area (Å²) in [6.07, 6.45) is 0.306. The third-order valence-electron chi connectivity index (χ3n) is 7.60. The molecule has 1 aromatic carbocycles. The Labute approximate surface area is 299 Å². The lowest BCUT2D eigenvalue weighted by Gasteiger charge is -2.35. The standard InChI is InChI=1S/C37H64N4O7S/c1-23(2)20-27(21-29(42)31(25(5)47-36(6,7)8)41-35(46)48-37(9,10)11)32(43)40-30(24(3)4)34(45)39-28(18-19-49-12)33(44)38-22-26-16-14-13-15-17-26/h13-17,23-25,27-31,42H,18-22H2,1-12H3,(H,38,44)(H,39,45)(H,40,43)(H,41,46)/t25-,27-,28+,29+,30?,31+/m1/s1. The van der Waals surface area contributed by atoms with Crippen LogP contribution in [0.1, 0.15) is 101 Å². The lowest BCUT2D eigenvalue weighted by atomic mass is 9.87. The summed E-state index contributed by atoms with van der Waals surface area (Å²) in [5.41, 5.74) is -0.373. The predicted octanol–water partition coefficient (Wildman–Crippen LogP) is 5.19. The van der Waals surface area contributed by atoms with E-state index < -0.39 is 65.4 Å². The van der Waals surface area contributed by atoms with Crippen LogP contribution < -0.4 is 21.3 Å². The molecule has 0 heterocycles. The van der Waals surface area contributed by atoms with Gasteiger partial charge in [0.25, 0.3) is 0 Å². The summed E-state index contributed by atoms with van der Waals surface area (Å²) in [7, 11) is 0. The van der Waals surface area contributed by atoms with E-state index in [0.717, 1.165) is 5.56 Å². The van der Waals surface area contributed by atoms with Crippen LogP contribution in [-0.2, 0) is 30.4 Å². The molecule has 0 aliphatic rings. The van der Waals surface area contributed by atoms with Crippen LogP contribution in [0.2, 0.25) is 0 Å². The quantitative estimate of drug-likeness (QED) is 0.132. The van der Waals surface area contributed by atoms with Gasteiger partial charge in [0.2, 0.25) is 17.7 Å². The first-order valence-corrected chi connectivity index (χ1v) is 18.8. The SMILES string of the molecule is CSCC[C@H](NC(=O)C(NC(=O)[C@H](CC(C)C)C[C@H](O)[C@@H](NC(=O)OC(C)(C)C)[C@@H](C)OC(C)(C)C)C(C)C)C(=O)NCc1ccccc1. The van der Waals surface area contributed by atoms with E-state index in [1.807, 2.05) is 85.1 Å². The molecule has 4 amide bonds. The maximum Gasteiger partial charge on any atom is 0.408 e. The minimum Gasteiger partial charge on any atom is -0.444 e. The third-order valence-corrected chi connectivity index (χ3v) is 8.24. The van der Waals surface area contributed by atoms with Crippen LogP contribution in [-0.4, -0.2) is 82.5 Å². The number of aliphatic hydroxyl groups excluding tert-OH is 1. The first-order valence-electron chi connectivity index (χ1n) is 17.4. The summed E-state index contributed by atoms with van der Waals surface area (Å²) in [6.45, 7) is 20.6. The Morgan fingerprint density at radius 1 is 0.816 bits per heavy atom. The van der Waals surface area contributed by atoms with Crippen molar-refractivity contribution in [2.75, 3.05) is 12.0 Å². The molecule has 6 atom stereocenters. The molecule has 1 rings (SSSR count). The molecule has 1 aromatic rings. The largest absolute Gasteiger partial charge is 0.444 e. The van der Waals surface area contributed by atoms with Gasteiger partial charge in [-0.2, -0.15) is 11.8 Å². The molecule has 0 aliphatic carbocycles. The van der Waals surface area contributed by atoms with Gasteiger partial charge in [-0.25, -0.2) is 4.79 Å². The maximum atomic E-state index is 13.9. The van der Waals surface area contributed by atoms with Crippen LogP contribution in [0.25, 0.3) is 0 Å². The maximum absolute atomic E-state index is 13.9. The fourth-order valence-corrected chi connectivity index (χ4v) is 5.87. The van der Waals surface area contributed by atoms with Crippen molar-refractivity contribution in [2.24, 2.45) is 17.8 Å². The molecule has 12 heteroatoms. The molecule has 0 bridgehead atoms. The van der Waals surface area contributed by atoms with E-state index in [-0.39, 0.29) is 24.2 Å². The Hall–Kier alpha value is -2.83. The van der Waals surface area contributed by atoms with E-state index in [1.54, 1.807) is 39.5 Å². The zero-order valence-corrected chi connectivity index (χ0v) is 32.7. The first kappa shape index (κ1) is 44.2. The van der Waals surface area contributed by atoms with Gasteiger partial charge in [-0.3, -0.25) is 14.4 Å². The molecule has 0 aromatic heterocycles. The van der Waals surface area contributed by atoms with E-state index in [4.69, 9.17) is 9.47 Å². The molecule has 1 unspecified atom stereocenters. The summed E-state index contributed by atoms with van der Waals surface area (Å²) in [4.78, 5) is 53.5. The minimum atomic E-state index is -1.17. The van der Waals surface area contributed by atoms with Crippen LogP contribution in [0.4, 0.5) is 4.79 Å². The Morgan fingerprint density at radius 2 is 1.43 bits per heavy atom. The summed E-state index contributed by atoms with van der Waals surface area (Å²) >= 11 is 1.57. The molecule has 5 N–H and O–H groups in total. The summed E-state index contributed by atoms with van der Waals surface area (Å²) in [6, 6.07) is 6.95. The van der Waals surface area contributed by atoms with Crippen molar-refractivity contribution in [1.29, 1.82) is 0 Å². The molecule has 280 valence electrons. The van der Waals surface area contributed by atoms with Crippen LogP contribution in [0.3, 0.4) is 0 Å². The summed E-state index contributed by atoms with van der Waals surface area (Å²) in [5, 5.41) is 23.0. The van der Waals surface area contributed by atoms with Gasteiger partial charge in [0.05, 0.1) is 23.9 Å². The monoisotopic (exact) mass is 708 g/mol. The topological polar surface area (TPSA) is 155 Å². The highest BCUT2D eigenvalue weighted by Gasteiger charge is 2.37. The van der Waals surface area contributed by atoms with Crippen LogP contribution in [0.5, 0.6) is 0 Å². The van der Waals surface area contributed by atoms with Gasteiger partial charge in [-0.1, -0.05) is 58.0 Å². The first-order chi connectivity index (χ1) is 22.6. The van der Waals surface area contributed by atoms with Gasteiger partial charge in [0.1, 0.15) is 17.7 Å². The van der Waals surface area contributed by atoms with E-state index in [9.17, 15) is 24.3 Å². The van der Waals surface area contributed by atoms with Crippen molar-refractivity contribution in [3.63, 3.8) is 0 Å². The molecule has 0 radical (unpaired) electrons. The van der Waals surface area contributed by atoms with Crippen molar-refractivity contribution < 1.29 is 33.8 Å². The molecule has 0 fully saturated rings. The minimum absolute atomic E-state index is 0.00694. The molecule has 0 saturated heterocycles. The number of alkyl carbamates (subject to hydrolysis) is 1. The molecular weight excluding hydrogens is 644 g/mol. The lowest BCUT2D eigenvalue weighted by molar-refractivity contribution is -0.135. The average molecular weight is 709 g/mol. The number of aliphatic hydroxyl groups is 1. The van der Waals surface area contributed by atoms with Gasteiger partial charge in [-0.05, 0) is 97.1 Å². The zero-order chi connectivity index (χ0) is 37.5. The second kappa shape index (κ2) is 20.7. The lowest BCUT2D eigenvalue weighted by Crippen LogP contribution is -2.57. The van der Waals surface area contributed by atoms with E-state index >= 15 is 0 Å². The number of rotatable bonds is 19. The van der Waals surface area contributed by atoms with E-state index in [2.05, 4.69) is 21.3 Å². The average Bonchev–Trinajstić information content (AvgIpc) is 2.97. The number of hydrogen-bond acceptors (Lipinski definition) is 8. The van der Waals surface area contributed by atoms with E-state index in [0.29, 0.717) is 25.1 Å². The summed E-state index contributed by atoms with van der Waals surface area (Å²) < 4.78 is 11.6. The highest BCUT2D eigenvalue weighted by atomic mass is 32.2. The fraction of sp³-hybridized carbons (Fsp3) is 0.730. The number of thioether (sulfide) groups is 1. The number of carbonyl (C=O) groups is 4. The van der Waals surface area contributed by atoms with Gasteiger partial charge in [-0.15, -0.1) is 0 Å². The van der Waals surface area contributed by atoms with Crippen molar-refractivity contribution in [3.8, 4) is 0 Å². The third kappa shape index (κ3) is 18.1. The molecular formula is C37H64N4O7S. The fourth-order valence-electron chi connectivity index (χ4n) is 5.40. The number of amides is 4. The van der Waals surface area contributed by atoms with Gasteiger partial charge in [0, 0.05) is 12.5 Å². The second-order valence-corrected chi connectivity index (χ2v) is 16.5. The van der Waals surface area contributed by atoms with Crippen LogP contribution >= 0.6 is 11.8 Å². The predicted molar refractivity (Wildman–Crippen MR) is 197 cm³/mol. The van der Waals surface area contributed by atoms with Gasteiger partial charge < -0.3 is 35.8 Å². The molecule has 0 saturated carbocycles. The Balaban J connectivity index is 3.18. The van der Waals surface area contributed by atoms with Crippen molar-refractivity contribution in [1.82, 2.24) is 21.3 Å². The van der Waals surface area contributed by atoms with Crippen molar-refractivity contribution >= 4 is 35.6 Å². The molecule has 0 aliphatic heterocycles. The Bertz CT molecular complexity index is 1170. The molecule has 49 heavy (non-hydrogen) atoms. The number of carbonyl (C=O) groups excluding carboxylic acids is 4. The Morgan fingerprint density at radius 3 is 1.94 bits per heavy atom. The number of nitrogens with one attached hydrogen (secondary N) is 4.